The minimum atomic E-state index is -0.517. The first kappa shape index (κ1) is 15.4. The molecular formula is C18H12FN3O2. The summed E-state index contributed by atoms with van der Waals surface area (Å²) in [5.74, 6) is 0.319. The first-order chi connectivity index (χ1) is 11.6. The van der Waals surface area contributed by atoms with E-state index in [1.54, 1.807) is 37.5 Å². The number of rotatable bonds is 3. The van der Waals surface area contributed by atoms with Crippen LogP contribution in [0, 0.1) is 17.1 Å². The number of aromatic nitrogens is 2. The van der Waals surface area contributed by atoms with Crippen molar-refractivity contribution < 1.29 is 9.13 Å². The number of methoxy groups -OCH3 is 1. The maximum absolute atomic E-state index is 13.2. The molecule has 0 aliphatic heterocycles. The monoisotopic (exact) mass is 321 g/mol. The highest BCUT2D eigenvalue weighted by Gasteiger charge is 2.09. The Balaban J connectivity index is 2.09. The quantitative estimate of drug-likeness (QED) is 0.752. The van der Waals surface area contributed by atoms with E-state index < -0.39 is 11.4 Å². The van der Waals surface area contributed by atoms with Crippen LogP contribution in [0.15, 0.2) is 47.3 Å². The zero-order chi connectivity index (χ0) is 17.1. The van der Waals surface area contributed by atoms with Crippen molar-refractivity contribution in [1.29, 1.82) is 5.26 Å². The molecule has 0 unspecified atom stereocenters. The van der Waals surface area contributed by atoms with E-state index in [1.807, 2.05) is 6.07 Å². The van der Waals surface area contributed by atoms with Crippen molar-refractivity contribution in [2.75, 3.05) is 7.11 Å². The molecule has 24 heavy (non-hydrogen) atoms. The molecule has 5 nitrogen and oxygen atoms in total. The Labute approximate surface area is 136 Å². The molecule has 0 atom stereocenters. The van der Waals surface area contributed by atoms with Gasteiger partial charge in [-0.3, -0.25) is 4.79 Å². The summed E-state index contributed by atoms with van der Waals surface area (Å²) in [6.07, 6.45) is 1.60. The maximum Gasteiger partial charge on any atom is 0.259 e. The van der Waals surface area contributed by atoms with E-state index in [-0.39, 0.29) is 16.8 Å². The van der Waals surface area contributed by atoms with Crippen molar-refractivity contribution in [1.82, 2.24) is 9.97 Å². The second kappa shape index (κ2) is 6.34. The lowest BCUT2D eigenvalue weighted by Crippen LogP contribution is -2.11. The highest BCUT2D eigenvalue weighted by molar-refractivity contribution is 5.89. The Morgan fingerprint density at radius 3 is 2.71 bits per heavy atom. The summed E-state index contributed by atoms with van der Waals surface area (Å²) in [5.41, 5.74) is 0.786. The van der Waals surface area contributed by atoms with Gasteiger partial charge in [0.15, 0.2) is 5.82 Å². The molecule has 0 saturated heterocycles. The summed E-state index contributed by atoms with van der Waals surface area (Å²) in [4.78, 5) is 18.9. The van der Waals surface area contributed by atoms with Gasteiger partial charge in [0.2, 0.25) is 0 Å². The van der Waals surface area contributed by atoms with Crippen LogP contribution in [0.3, 0.4) is 0 Å². The van der Waals surface area contributed by atoms with Crippen LogP contribution >= 0.6 is 0 Å². The van der Waals surface area contributed by atoms with E-state index in [0.29, 0.717) is 11.3 Å². The van der Waals surface area contributed by atoms with Gasteiger partial charge < -0.3 is 9.72 Å². The number of aromatic amines is 1. The van der Waals surface area contributed by atoms with Crippen molar-refractivity contribution in [3.05, 3.63) is 70.0 Å². The lowest BCUT2D eigenvalue weighted by atomic mass is 10.1. The van der Waals surface area contributed by atoms with Gasteiger partial charge in [0.05, 0.1) is 23.6 Å². The zero-order valence-corrected chi connectivity index (χ0v) is 12.7. The average molecular weight is 321 g/mol. The van der Waals surface area contributed by atoms with Crippen LogP contribution in [0.4, 0.5) is 4.39 Å². The minimum Gasteiger partial charge on any atom is -0.497 e. The number of halogens is 1. The second-order valence-corrected chi connectivity index (χ2v) is 5.02. The van der Waals surface area contributed by atoms with Gasteiger partial charge in [-0.1, -0.05) is 12.1 Å². The van der Waals surface area contributed by atoms with E-state index in [2.05, 4.69) is 9.97 Å². The third-order valence-corrected chi connectivity index (χ3v) is 3.47. The fourth-order valence-electron chi connectivity index (χ4n) is 2.26. The van der Waals surface area contributed by atoms with Gasteiger partial charge in [-0.25, -0.2) is 9.37 Å². The normalized spacial score (nSPS) is 11.3. The van der Waals surface area contributed by atoms with Crippen molar-refractivity contribution in [3.8, 4) is 11.8 Å². The predicted molar refractivity (Wildman–Crippen MR) is 88.8 cm³/mol. The Hall–Kier alpha value is -3.46. The molecule has 1 N–H and O–H groups in total. The topological polar surface area (TPSA) is 78.8 Å². The molecule has 1 heterocycles. The summed E-state index contributed by atoms with van der Waals surface area (Å²) < 4.78 is 18.3. The van der Waals surface area contributed by atoms with Crippen LogP contribution in [0.2, 0.25) is 0 Å². The molecule has 6 heteroatoms. The Morgan fingerprint density at radius 1 is 1.29 bits per heavy atom. The van der Waals surface area contributed by atoms with E-state index in [0.717, 1.165) is 11.6 Å². The van der Waals surface area contributed by atoms with Crippen LogP contribution in [-0.2, 0) is 0 Å². The number of benzene rings is 2. The number of hydrogen-bond donors (Lipinski definition) is 1. The number of allylic oxidation sites excluding steroid dienone is 1. The molecule has 0 saturated carbocycles. The lowest BCUT2D eigenvalue weighted by Gasteiger charge is -2.03. The van der Waals surface area contributed by atoms with E-state index in [4.69, 9.17) is 4.74 Å². The molecular weight excluding hydrogens is 309 g/mol. The van der Waals surface area contributed by atoms with Crippen molar-refractivity contribution >= 4 is 22.6 Å². The number of hydrogen-bond acceptors (Lipinski definition) is 4. The number of nitrogens with one attached hydrogen (secondary N) is 1. The summed E-state index contributed by atoms with van der Waals surface area (Å²) in [7, 11) is 1.57. The average Bonchev–Trinajstić information content (AvgIpc) is 2.60. The Morgan fingerprint density at radius 2 is 2.04 bits per heavy atom. The van der Waals surface area contributed by atoms with Gasteiger partial charge in [-0.15, -0.1) is 0 Å². The number of nitrogens with zero attached hydrogens (tertiary/aromatic N) is 2. The number of fused-ring (bicyclic) bond motifs is 1. The van der Waals surface area contributed by atoms with Crippen LogP contribution in [-0.4, -0.2) is 17.1 Å². The molecule has 0 fully saturated rings. The summed E-state index contributed by atoms with van der Waals surface area (Å²) in [5, 5.41) is 9.52. The van der Waals surface area contributed by atoms with Crippen molar-refractivity contribution in [2.24, 2.45) is 0 Å². The van der Waals surface area contributed by atoms with Crippen LogP contribution < -0.4 is 10.3 Å². The molecule has 0 aliphatic carbocycles. The summed E-state index contributed by atoms with van der Waals surface area (Å²) in [6.45, 7) is 0. The molecule has 3 rings (SSSR count). The van der Waals surface area contributed by atoms with E-state index >= 15 is 0 Å². The van der Waals surface area contributed by atoms with Gasteiger partial charge in [0.1, 0.15) is 17.6 Å². The highest BCUT2D eigenvalue weighted by Crippen LogP contribution is 2.18. The number of nitriles is 1. The Bertz CT molecular complexity index is 1030. The van der Waals surface area contributed by atoms with Crippen LogP contribution in [0.25, 0.3) is 22.6 Å². The fraction of sp³-hybridized carbons (Fsp3) is 0.0556. The number of ether oxygens (including phenoxy) is 1. The molecule has 0 spiro atoms. The standard InChI is InChI=1S/C18H12FN3O2/c1-24-14-5-2-11(3-6-14)8-12(10-20)17-21-16-7-4-13(19)9-15(16)18(23)22-17/h2-9H,1H3,(H,21,22,23). The van der Waals surface area contributed by atoms with Crippen molar-refractivity contribution in [3.63, 3.8) is 0 Å². The third kappa shape index (κ3) is 3.01. The smallest absolute Gasteiger partial charge is 0.259 e. The van der Waals surface area contributed by atoms with Crippen LogP contribution in [0.1, 0.15) is 11.4 Å². The van der Waals surface area contributed by atoms with Gasteiger partial charge in [0, 0.05) is 0 Å². The molecule has 0 aliphatic rings. The molecule has 2 aromatic carbocycles. The van der Waals surface area contributed by atoms with Gasteiger partial charge in [-0.2, -0.15) is 5.26 Å². The molecule has 0 radical (unpaired) electrons. The molecule has 118 valence electrons. The molecule has 3 aromatic rings. The number of H-pyrrole nitrogens is 1. The molecule has 1 aromatic heterocycles. The third-order valence-electron chi connectivity index (χ3n) is 3.47. The van der Waals surface area contributed by atoms with Crippen molar-refractivity contribution in [2.45, 2.75) is 0 Å². The lowest BCUT2D eigenvalue weighted by molar-refractivity contribution is 0.415. The first-order valence-electron chi connectivity index (χ1n) is 7.06. The predicted octanol–water partition coefficient (Wildman–Crippen LogP) is 3.13. The fourth-order valence-corrected chi connectivity index (χ4v) is 2.26. The zero-order valence-electron chi connectivity index (χ0n) is 12.7. The largest absolute Gasteiger partial charge is 0.497 e. The first-order valence-corrected chi connectivity index (χ1v) is 7.06. The molecule has 0 amide bonds. The highest BCUT2D eigenvalue weighted by atomic mass is 19.1. The Kier molecular flexibility index (Phi) is 4.08. The summed E-state index contributed by atoms with van der Waals surface area (Å²) >= 11 is 0. The second-order valence-electron chi connectivity index (χ2n) is 5.02. The van der Waals surface area contributed by atoms with Gasteiger partial charge in [0.25, 0.3) is 5.56 Å². The SMILES string of the molecule is COc1ccc(C=C(C#N)c2nc3ccc(F)cc3c(=O)[nH]2)cc1. The molecule has 0 bridgehead atoms. The van der Waals surface area contributed by atoms with E-state index in [1.165, 1.54) is 12.1 Å². The minimum absolute atomic E-state index is 0.137. The summed E-state index contributed by atoms with van der Waals surface area (Å²) in [6, 6.07) is 12.9. The van der Waals surface area contributed by atoms with E-state index in [9.17, 15) is 14.4 Å². The maximum atomic E-state index is 13.2. The van der Waals surface area contributed by atoms with Crippen LogP contribution in [0.5, 0.6) is 5.75 Å². The van der Waals surface area contributed by atoms with Gasteiger partial charge in [-0.05, 0) is 42.0 Å². The van der Waals surface area contributed by atoms with Gasteiger partial charge >= 0.3 is 0 Å².